The third kappa shape index (κ3) is 3.99. The summed E-state index contributed by atoms with van der Waals surface area (Å²) >= 11 is 0.488. The Morgan fingerprint density at radius 2 is 1.77 bits per heavy atom. The average Bonchev–Trinajstić information content (AvgIpc) is 3.28. The van der Waals surface area contributed by atoms with Gasteiger partial charge in [-0.3, -0.25) is 9.59 Å². The van der Waals surface area contributed by atoms with Crippen LogP contribution in [-0.4, -0.2) is 23.0 Å². The third-order valence-corrected chi connectivity index (χ3v) is 4.44. The Kier molecular flexibility index (Phi) is 4.90. The highest BCUT2D eigenvalue weighted by molar-refractivity contribution is 7.16. The van der Waals surface area contributed by atoms with Crippen molar-refractivity contribution in [1.82, 2.24) is 10.5 Å². The predicted molar refractivity (Wildman–Crippen MR) is 87.8 cm³/mol. The third-order valence-electron chi connectivity index (χ3n) is 3.36. The molecule has 3 rings (SSSR count). The number of rotatable bonds is 5. The fourth-order valence-electron chi connectivity index (χ4n) is 2.11. The van der Waals surface area contributed by atoms with Gasteiger partial charge in [-0.15, -0.1) is 11.3 Å². The zero-order valence-electron chi connectivity index (χ0n) is 13.0. The van der Waals surface area contributed by atoms with Crippen LogP contribution in [0, 0.1) is 0 Å². The molecule has 0 atom stereocenters. The van der Waals surface area contributed by atoms with Crippen molar-refractivity contribution in [1.29, 1.82) is 0 Å². The molecule has 0 saturated heterocycles. The fraction of sp³-hybridized carbons (Fsp3) is 0.118. The van der Waals surface area contributed by atoms with E-state index in [4.69, 9.17) is 4.52 Å². The predicted octanol–water partition coefficient (Wildman–Crippen LogP) is 4.08. The van der Waals surface area contributed by atoms with Crippen LogP contribution < -0.4 is 5.32 Å². The molecule has 0 radical (unpaired) electrons. The van der Waals surface area contributed by atoms with E-state index in [9.17, 15) is 22.8 Å². The van der Waals surface area contributed by atoms with Gasteiger partial charge in [-0.25, -0.2) is 0 Å². The second kappa shape index (κ2) is 7.12. The molecule has 134 valence electrons. The number of hydrogen-bond acceptors (Lipinski definition) is 5. The van der Waals surface area contributed by atoms with Crippen molar-refractivity contribution in [3.05, 3.63) is 64.0 Å². The van der Waals surface area contributed by atoms with E-state index in [0.717, 1.165) is 11.6 Å². The lowest BCUT2D eigenvalue weighted by molar-refractivity contribution is -0.0882. The van der Waals surface area contributed by atoms with Gasteiger partial charge in [-0.05, 0) is 12.1 Å². The van der Waals surface area contributed by atoms with Gasteiger partial charge >= 0.3 is 6.18 Å². The minimum atomic E-state index is -4.97. The smallest absolute Gasteiger partial charge is 0.356 e. The number of carbonyl (C=O) groups is 2. The quantitative estimate of drug-likeness (QED) is 0.677. The number of thiophene rings is 1. The molecular formula is C17H11F3N2O3S. The lowest BCUT2D eigenvalue weighted by atomic mass is 10.2. The van der Waals surface area contributed by atoms with Crippen molar-refractivity contribution in [2.24, 2.45) is 0 Å². The number of halogens is 3. The maximum Gasteiger partial charge on any atom is 0.455 e. The van der Waals surface area contributed by atoms with E-state index < -0.39 is 22.7 Å². The first kappa shape index (κ1) is 17.9. The Morgan fingerprint density at radius 3 is 2.46 bits per heavy atom. The molecule has 5 nitrogen and oxygen atoms in total. The number of Topliss-reactive ketones (excluding diaryl/α,β-unsaturated/α-hetero) is 1. The second-order valence-corrected chi connectivity index (χ2v) is 6.31. The minimum absolute atomic E-state index is 0.00405. The summed E-state index contributed by atoms with van der Waals surface area (Å²) < 4.78 is 42.4. The first-order valence-corrected chi connectivity index (χ1v) is 8.17. The molecule has 0 spiro atoms. The molecule has 0 saturated carbocycles. The van der Waals surface area contributed by atoms with Crippen molar-refractivity contribution in [3.8, 4) is 11.3 Å². The molecule has 26 heavy (non-hydrogen) atoms. The molecule has 1 N–H and O–H groups in total. The van der Waals surface area contributed by atoms with Crippen LogP contribution >= 0.6 is 11.3 Å². The maximum absolute atomic E-state index is 12.4. The highest BCUT2D eigenvalue weighted by Crippen LogP contribution is 2.26. The molecule has 2 aromatic heterocycles. The van der Waals surface area contributed by atoms with Gasteiger partial charge in [-0.2, -0.15) is 13.2 Å². The summed E-state index contributed by atoms with van der Waals surface area (Å²) in [5, 5.41) is 6.36. The largest absolute Gasteiger partial charge is 0.455 e. The number of ketones is 1. The summed E-state index contributed by atoms with van der Waals surface area (Å²) in [4.78, 5) is 22.7. The van der Waals surface area contributed by atoms with E-state index >= 15 is 0 Å². The van der Waals surface area contributed by atoms with Crippen LogP contribution in [0.1, 0.15) is 25.0 Å². The van der Waals surface area contributed by atoms with Crippen LogP contribution in [-0.2, 0) is 6.54 Å². The van der Waals surface area contributed by atoms with Crippen LogP contribution in [0.2, 0.25) is 0 Å². The van der Waals surface area contributed by atoms with E-state index in [0.29, 0.717) is 22.8 Å². The summed E-state index contributed by atoms with van der Waals surface area (Å²) in [7, 11) is 0. The zero-order valence-corrected chi connectivity index (χ0v) is 13.9. The van der Waals surface area contributed by atoms with Crippen LogP contribution in [0.5, 0.6) is 0 Å². The topological polar surface area (TPSA) is 72.2 Å². The molecule has 0 bridgehead atoms. The van der Waals surface area contributed by atoms with Crippen LogP contribution in [0.15, 0.2) is 53.1 Å². The van der Waals surface area contributed by atoms with Crippen molar-refractivity contribution < 1.29 is 27.3 Å². The van der Waals surface area contributed by atoms with Gasteiger partial charge in [0.05, 0.1) is 16.3 Å². The molecular weight excluding hydrogens is 369 g/mol. The molecule has 0 aliphatic rings. The molecule has 3 aromatic rings. The number of carbonyl (C=O) groups excluding carboxylic acids is 2. The van der Waals surface area contributed by atoms with Gasteiger partial charge in [0.2, 0.25) is 0 Å². The number of nitrogens with zero attached hydrogens (tertiary/aromatic N) is 1. The first-order chi connectivity index (χ1) is 12.3. The second-order valence-electron chi connectivity index (χ2n) is 5.22. The minimum Gasteiger partial charge on any atom is -0.356 e. The highest BCUT2D eigenvalue weighted by atomic mass is 32.1. The number of nitrogens with one attached hydrogen (secondary N) is 1. The Morgan fingerprint density at radius 1 is 1.08 bits per heavy atom. The SMILES string of the molecule is O=C(NCc1cc(-c2ccccc2)on1)c1ccc(C(=O)C(F)(F)F)s1. The van der Waals surface area contributed by atoms with Gasteiger partial charge in [0.1, 0.15) is 5.69 Å². The van der Waals surface area contributed by atoms with Gasteiger partial charge in [0.15, 0.2) is 5.76 Å². The monoisotopic (exact) mass is 380 g/mol. The number of amides is 1. The summed E-state index contributed by atoms with van der Waals surface area (Å²) in [6.07, 6.45) is -4.97. The first-order valence-electron chi connectivity index (χ1n) is 7.35. The van der Waals surface area contributed by atoms with E-state index in [1.807, 2.05) is 30.3 Å². The van der Waals surface area contributed by atoms with Crippen molar-refractivity contribution >= 4 is 23.0 Å². The molecule has 2 heterocycles. The number of benzene rings is 1. The standard InChI is InChI=1S/C17H11F3N2O3S/c18-17(19,20)15(23)13-6-7-14(26-13)16(24)21-9-11-8-12(25-22-11)10-4-2-1-3-5-10/h1-8H,9H2,(H,21,24). The molecule has 9 heteroatoms. The van der Waals surface area contributed by atoms with Crippen molar-refractivity contribution in [2.45, 2.75) is 12.7 Å². The van der Waals surface area contributed by atoms with Gasteiger partial charge in [-0.1, -0.05) is 35.5 Å². The Balaban J connectivity index is 1.62. The van der Waals surface area contributed by atoms with E-state index in [1.165, 1.54) is 6.07 Å². The van der Waals surface area contributed by atoms with Crippen LogP contribution in [0.3, 0.4) is 0 Å². The van der Waals surface area contributed by atoms with E-state index in [1.54, 1.807) is 6.07 Å². The molecule has 0 unspecified atom stereocenters. The van der Waals surface area contributed by atoms with Crippen molar-refractivity contribution in [3.63, 3.8) is 0 Å². The number of hydrogen-bond donors (Lipinski definition) is 1. The lowest BCUT2D eigenvalue weighted by Crippen LogP contribution is -2.22. The summed E-state index contributed by atoms with van der Waals surface area (Å²) in [6.45, 7) is 0.0373. The summed E-state index contributed by atoms with van der Waals surface area (Å²) in [5.41, 5.74) is 1.28. The highest BCUT2D eigenvalue weighted by Gasteiger charge is 2.40. The maximum atomic E-state index is 12.4. The molecule has 0 aliphatic carbocycles. The Hall–Kier alpha value is -2.94. The van der Waals surface area contributed by atoms with Crippen molar-refractivity contribution in [2.75, 3.05) is 0 Å². The zero-order chi connectivity index (χ0) is 18.7. The number of alkyl halides is 3. The fourth-order valence-corrected chi connectivity index (χ4v) is 3.00. The average molecular weight is 380 g/mol. The Labute approximate surface area is 149 Å². The van der Waals surface area contributed by atoms with Gasteiger partial charge in [0.25, 0.3) is 11.7 Å². The van der Waals surface area contributed by atoms with E-state index in [-0.39, 0.29) is 11.4 Å². The molecule has 1 amide bonds. The lowest BCUT2D eigenvalue weighted by Gasteiger charge is -2.02. The van der Waals surface area contributed by atoms with E-state index in [2.05, 4.69) is 10.5 Å². The van der Waals surface area contributed by atoms with Crippen LogP contribution in [0.4, 0.5) is 13.2 Å². The molecule has 0 fully saturated rings. The van der Waals surface area contributed by atoms with Gasteiger partial charge < -0.3 is 9.84 Å². The molecule has 1 aromatic carbocycles. The van der Waals surface area contributed by atoms with Gasteiger partial charge in [0, 0.05) is 11.6 Å². The Bertz CT molecular complexity index is 932. The summed E-state index contributed by atoms with van der Waals surface area (Å²) in [5.74, 6) is -2.03. The van der Waals surface area contributed by atoms with Crippen LogP contribution in [0.25, 0.3) is 11.3 Å². The molecule has 0 aliphatic heterocycles. The normalized spacial score (nSPS) is 11.3. The number of aromatic nitrogens is 1. The summed E-state index contributed by atoms with van der Waals surface area (Å²) in [6, 6.07) is 13.0.